The predicted octanol–water partition coefficient (Wildman–Crippen LogP) is 2.45. The van der Waals surface area contributed by atoms with Gasteiger partial charge in [0.05, 0.1) is 29.2 Å². The summed E-state index contributed by atoms with van der Waals surface area (Å²) in [4.78, 5) is 16.0. The van der Waals surface area contributed by atoms with Crippen LogP contribution in [-0.4, -0.2) is 23.7 Å². The molecule has 1 amide bonds. The Kier molecular flexibility index (Phi) is 3.92. The lowest BCUT2D eigenvalue weighted by Crippen LogP contribution is -2.25. The molecule has 106 valence electrons. The topological polar surface area (TPSA) is 79.5 Å². The number of fused-ring (bicyclic) bond motifs is 1. The molecule has 3 aromatic rings. The van der Waals surface area contributed by atoms with Crippen LogP contribution in [0.5, 0.6) is 0 Å². The molecule has 0 saturated carbocycles. The van der Waals surface area contributed by atoms with Crippen LogP contribution < -0.4 is 10.7 Å². The number of anilines is 1. The highest BCUT2D eigenvalue weighted by molar-refractivity contribution is 7.22. The second-order valence-electron chi connectivity index (χ2n) is 4.15. The number of aromatic nitrogens is 1. The van der Waals surface area contributed by atoms with Crippen LogP contribution in [0.25, 0.3) is 10.2 Å². The molecule has 2 heterocycles. The van der Waals surface area contributed by atoms with Crippen molar-refractivity contribution in [2.45, 2.75) is 0 Å². The number of amides is 1. The molecule has 21 heavy (non-hydrogen) atoms. The van der Waals surface area contributed by atoms with Crippen molar-refractivity contribution in [3.63, 3.8) is 0 Å². The van der Waals surface area contributed by atoms with Crippen molar-refractivity contribution in [1.82, 2.24) is 10.4 Å². The van der Waals surface area contributed by atoms with Gasteiger partial charge in [0.1, 0.15) is 5.76 Å². The van der Waals surface area contributed by atoms with Gasteiger partial charge >= 0.3 is 0 Å². The van der Waals surface area contributed by atoms with Crippen LogP contribution in [0.15, 0.2) is 52.2 Å². The molecule has 0 saturated heterocycles. The fourth-order valence-electron chi connectivity index (χ4n) is 1.68. The maximum Gasteiger partial charge on any atom is 0.259 e. The number of nitrogens with zero attached hydrogens (tertiary/aromatic N) is 2. The molecule has 0 aliphatic rings. The largest absolute Gasteiger partial charge is 0.463 e. The Morgan fingerprint density at radius 1 is 1.33 bits per heavy atom. The van der Waals surface area contributed by atoms with Gasteiger partial charge in [0.25, 0.3) is 5.91 Å². The smallest absolute Gasteiger partial charge is 0.259 e. The van der Waals surface area contributed by atoms with Gasteiger partial charge in [-0.3, -0.25) is 4.79 Å². The Labute approximate surface area is 124 Å². The number of carbonyl (C=O) groups excluding carboxylic acids is 1. The van der Waals surface area contributed by atoms with Gasteiger partial charge in [-0.05, 0) is 24.3 Å². The summed E-state index contributed by atoms with van der Waals surface area (Å²) in [6.07, 6.45) is 2.98. The van der Waals surface area contributed by atoms with Gasteiger partial charge in [-0.2, -0.15) is 5.10 Å². The highest BCUT2D eigenvalue weighted by Crippen LogP contribution is 2.24. The zero-order chi connectivity index (χ0) is 14.5. The summed E-state index contributed by atoms with van der Waals surface area (Å²) < 4.78 is 6.13. The minimum atomic E-state index is -0.253. The highest BCUT2D eigenvalue weighted by atomic mass is 32.1. The Morgan fingerprint density at radius 2 is 2.24 bits per heavy atom. The van der Waals surface area contributed by atoms with E-state index in [1.165, 1.54) is 23.8 Å². The van der Waals surface area contributed by atoms with Crippen molar-refractivity contribution in [2.75, 3.05) is 11.9 Å². The molecule has 7 heteroatoms. The van der Waals surface area contributed by atoms with E-state index in [0.29, 0.717) is 10.9 Å². The maximum atomic E-state index is 11.6. The van der Waals surface area contributed by atoms with E-state index in [4.69, 9.17) is 4.42 Å². The van der Waals surface area contributed by atoms with Gasteiger partial charge in [-0.1, -0.05) is 23.5 Å². The summed E-state index contributed by atoms with van der Waals surface area (Å²) in [7, 11) is 0. The van der Waals surface area contributed by atoms with Gasteiger partial charge in [0.15, 0.2) is 5.13 Å². The lowest BCUT2D eigenvalue weighted by Gasteiger charge is -2.00. The summed E-state index contributed by atoms with van der Waals surface area (Å²) in [5.41, 5.74) is 3.33. The quantitative estimate of drug-likeness (QED) is 0.560. The number of hydrogen-bond donors (Lipinski definition) is 2. The lowest BCUT2D eigenvalue weighted by molar-refractivity contribution is -0.119. The molecule has 0 spiro atoms. The zero-order valence-electron chi connectivity index (χ0n) is 10.9. The van der Waals surface area contributed by atoms with Crippen LogP contribution in [-0.2, 0) is 4.79 Å². The number of hydrogen-bond acceptors (Lipinski definition) is 6. The number of carbonyl (C=O) groups is 1. The van der Waals surface area contributed by atoms with E-state index in [2.05, 4.69) is 20.8 Å². The van der Waals surface area contributed by atoms with Gasteiger partial charge in [0, 0.05) is 0 Å². The van der Waals surface area contributed by atoms with Gasteiger partial charge in [-0.25, -0.2) is 10.4 Å². The highest BCUT2D eigenvalue weighted by Gasteiger charge is 2.04. The molecule has 0 fully saturated rings. The zero-order valence-corrected chi connectivity index (χ0v) is 11.8. The van der Waals surface area contributed by atoms with Crippen LogP contribution in [0.3, 0.4) is 0 Å². The van der Waals surface area contributed by atoms with Crippen molar-refractivity contribution < 1.29 is 9.21 Å². The summed E-state index contributed by atoms with van der Waals surface area (Å²) >= 11 is 1.51. The second kappa shape index (κ2) is 6.19. The molecule has 0 unspecified atom stereocenters. The summed E-state index contributed by atoms with van der Waals surface area (Å²) in [5, 5.41) is 7.48. The minimum Gasteiger partial charge on any atom is -0.463 e. The molecule has 0 atom stereocenters. The second-order valence-corrected chi connectivity index (χ2v) is 5.18. The number of benzene rings is 1. The van der Waals surface area contributed by atoms with Crippen LogP contribution in [0.2, 0.25) is 0 Å². The molecule has 2 aromatic heterocycles. The molecular formula is C14H12N4O2S. The van der Waals surface area contributed by atoms with Crippen LogP contribution in [0.1, 0.15) is 5.76 Å². The van der Waals surface area contributed by atoms with E-state index in [-0.39, 0.29) is 12.5 Å². The van der Waals surface area contributed by atoms with E-state index >= 15 is 0 Å². The van der Waals surface area contributed by atoms with Crippen molar-refractivity contribution in [3.8, 4) is 0 Å². The lowest BCUT2D eigenvalue weighted by atomic mass is 10.3. The van der Waals surface area contributed by atoms with E-state index in [9.17, 15) is 4.79 Å². The molecule has 2 N–H and O–H groups in total. The molecule has 0 bridgehead atoms. The molecular weight excluding hydrogens is 288 g/mol. The van der Waals surface area contributed by atoms with Crippen molar-refractivity contribution in [3.05, 3.63) is 48.4 Å². The van der Waals surface area contributed by atoms with Crippen LogP contribution >= 0.6 is 11.3 Å². The number of rotatable bonds is 5. The summed E-state index contributed by atoms with van der Waals surface area (Å²) in [5.74, 6) is 0.325. The molecule has 6 nitrogen and oxygen atoms in total. The summed E-state index contributed by atoms with van der Waals surface area (Å²) in [6.45, 7) is 0.106. The molecule has 0 radical (unpaired) electrons. The normalized spacial score (nSPS) is 11.0. The fourth-order valence-corrected chi connectivity index (χ4v) is 2.54. The Hall–Kier alpha value is -2.67. The third-order valence-corrected chi connectivity index (χ3v) is 3.61. The first kappa shape index (κ1) is 13.3. The van der Waals surface area contributed by atoms with Crippen molar-refractivity contribution >= 4 is 38.8 Å². The van der Waals surface area contributed by atoms with Gasteiger partial charge in [0.2, 0.25) is 0 Å². The van der Waals surface area contributed by atoms with Gasteiger partial charge < -0.3 is 9.73 Å². The fraction of sp³-hybridized carbons (Fsp3) is 0.0714. The van der Waals surface area contributed by atoms with Crippen LogP contribution in [0, 0.1) is 0 Å². The third kappa shape index (κ3) is 3.46. The summed E-state index contributed by atoms with van der Waals surface area (Å²) in [6, 6.07) is 11.3. The van der Waals surface area contributed by atoms with Crippen LogP contribution in [0.4, 0.5) is 5.13 Å². The average molecular weight is 300 g/mol. The number of para-hydroxylation sites is 1. The minimum absolute atomic E-state index is 0.106. The standard InChI is InChI=1S/C14H12N4O2S/c19-13(18-16-8-10-4-3-7-20-10)9-15-14-17-11-5-1-2-6-12(11)21-14/h1-8H,9H2,(H,15,17)(H,18,19)/b16-8-. The van der Waals surface area contributed by atoms with Crippen molar-refractivity contribution in [1.29, 1.82) is 0 Å². The van der Waals surface area contributed by atoms with E-state index in [1.807, 2.05) is 24.3 Å². The monoisotopic (exact) mass is 300 g/mol. The van der Waals surface area contributed by atoms with E-state index < -0.39 is 0 Å². The third-order valence-electron chi connectivity index (χ3n) is 2.62. The number of furan rings is 1. The number of thiazole rings is 1. The predicted molar refractivity (Wildman–Crippen MR) is 82.6 cm³/mol. The Bertz CT molecular complexity index is 731. The molecule has 3 rings (SSSR count). The maximum absolute atomic E-state index is 11.6. The average Bonchev–Trinajstić information content (AvgIpc) is 3.13. The van der Waals surface area contributed by atoms with E-state index in [1.54, 1.807) is 12.1 Å². The Balaban J connectivity index is 1.51. The van der Waals surface area contributed by atoms with Gasteiger partial charge in [-0.15, -0.1) is 0 Å². The van der Waals surface area contributed by atoms with Crippen molar-refractivity contribution in [2.24, 2.45) is 5.10 Å². The molecule has 1 aromatic carbocycles. The molecule has 0 aliphatic heterocycles. The molecule has 0 aliphatic carbocycles. The number of hydrazone groups is 1. The first-order valence-electron chi connectivity index (χ1n) is 6.26. The van der Waals surface area contributed by atoms with E-state index in [0.717, 1.165) is 10.2 Å². The first-order valence-corrected chi connectivity index (χ1v) is 7.08. The Morgan fingerprint density at radius 3 is 3.05 bits per heavy atom. The SMILES string of the molecule is O=C(CNc1nc2ccccc2s1)N/N=C\c1ccco1. The first-order chi connectivity index (χ1) is 10.3. The number of nitrogens with one attached hydrogen (secondary N) is 2.